The molecule has 1 aliphatic rings. The molecule has 1 saturated heterocycles. The Balaban J connectivity index is 2.11. The first-order chi connectivity index (χ1) is 11.1. The predicted octanol–water partition coefficient (Wildman–Crippen LogP) is 1.90. The van der Waals surface area contributed by atoms with Crippen molar-refractivity contribution in [3.8, 4) is 0 Å². The summed E-state index contributed by atoms with van der Waals surface area (Å²) in [5, 5.41) is 3.16. The van der Waals surface area contributed by atoms with Crippen LogP contribution >= 0.6 is 0 Å². The molecule has 2 unspecified atom stereocenters. The van der Waals surface area contributed by atoms with Crippen LogP contribution in [0, 0.1) is 5.82 Å². The summed E-state index contributed by atoms with van der Waals surface area (Å²) in [6.45, 7) is 7.67. The molecule has 0 aromatic heterocycles. The first kappa shape index (κ1) is 17.7. The summed E-state index contributed by atoms with van der Waals surface area (Å²) in [5.74, 6) is 0.212. The van der Waals surface area contributed by atoms with E-state index in [2.05, 4.69) is 29.1 Å². The molecule has 1 aromatic rings. The number of morpholine rings is 1. The van der Waals surface area contributed by atoms with Gasteiger partial charge in [0.2, 0.25) is 0 Å². The molecule has 128 valence electrons. The highest BCUT2D eigenvalue weighted by atomic mass is 19.1. The Morgan fingerprint density at radius 2 is 2.17 bits per heavy atom. The van der Waals surface area contributed by atoms with Gasteiger partial charge in [-0.3, -0.25) is 9.89 Å². The molecule has 2 rings (SSSR count). The second-order valence-corrected chi connectivity index (χ2v) is 5.90. The summed E-state index contributed by atoms with van der Waals surface area (Å²) >= 11 is 0. The lowest BCUT2D eigenvalue weighted by atomic mass is 10.0. The Morgan fingerprint density at radius 1 is 1.43 bits per heavy atom. The van der Waals surface area contributed by atoms with Crippen LogP contribution < -0.4 is 11.1 Å². The normalized spacial score (nSPS) is 19.3. The van der Waals surface area contributed by atoms with Crippen LogP contribution in [0.4, 0.5) is 4.39 Å². The Labute approximate surface area is 137 Å². The van der Waals surface area contributed by atoms with Crippen molar-refractivity contribution in [2.24, 2.45) is 10.7 Å². The van der Waals surface area contributed by atoms with Gasteiger partial charge in [0.1, 0.15) is 5.82 Å². The maximum atomic E-state index is 13.6. The first-order valence-corrected chi connectivity index (χ1v) is 8.24. The Bertz CT molecular complexity index is 517. The summed E-state index contributed by atoms with van der Waals surface area (Å²) in [4.78, 5) is 6.75. The van der Waals surface area contributed by atoms with E-state index < -0.39 is 0 Å². The zero-order valence-electron chi connectivity index (χ0n) is 14.0. The number of guanidine groups is 1. The lowest BCUT2D eigenvalue weighted by molar-refractivity contribution is 0.0179. The number of benzene rings is 1. The largest absolute Gasteiger partial charge is 0.379 e. The Kier molecular flexibility index (Phi) is 6.80. The van der Waals surface area contributed by atoms with Gasteiger partial charge >= 0.3 is 0 Å². The van der Waals surface area contributed by atoms with Crippen LogP contribution in [0.15, 0.2) is 29.3 Å². The van der Waals surface area contributed by atoms with Gasteiger partial charge in [-0.1, -0.05) is 19.1 Å². The monoisotopic (exact) mass is 322 g/mol. The van der Waals surface area contributed by atoms with E-state index in [9.17, 15) is 4.39 Å². The molecule has 0 spiro atoms. The summed E-state index contributed by atoms with van der Waals surface area (Å²) < 4.78 is 19.0. The van der Waals surface area contributed by atoms with Gasteiger partial charge in [-0.2, -0.15) is 0 Å². The van der Waals surface area contributed by atoms with Gasteiger partial charge in [0.25, 0.3) is 0 Å². The van der Waals surface area contributed by atoms with Crippen molar-refractivity contribution in [3.05, 3.63) is 35.6 Å². The van der Waals surface area contributed by atoms with Crippen molar-refractivity contribution in [3.63, 3.8) is 0 Å². The van der Waals surface area contributed by atoms with Crippen LogP contribution in [-0.2, 0) is 4.74 Å². The summed E-state index contributed by atoms with van der Waals surface area (Å²) in [6.07, 6.45) is 0.979. The Hall–Kier alpha value is -1.66. The number of hydrogen-bond acceptors (Lipinski definition) is 3. The number of rotatable bonds is 6. The third-order valence-corrected chi connectivity index (χ3v) is 4.16. The minimum Gasteiger partial charge on any atom is -0.379 e. The number of nitrogens with one attached hydrogen (secondary N) is 1. The van der Waals surface area contributed by atoms with Crippen molar-refractivity contribution in [1.29, 1.82) is 0 Å². The van der Waals surface area contributed by atoms with Gasteiger partial charge < -0.3 is 15.8 Å². The number of nitrogens with two attached hydrogens (primary N) is 1. The molecule has 1 aliphatic heterocycles. The van der Waals surface area contributed by atoms with Gasteiger partial charge in [0.15, 0.2) is 5.96 Å². The third kappa shape index (κ3) is 5.48. The summed E-state index contributed by atoms with van der Waals surface area (Å²) in [6, 6.07) is 7.01. The zero-order chi connectivity index (χ0) is 16.7. The second-order valence-electron chi connectivity index (χ2n) is 5.90. The predicted molar refractivity (Wildman–Crippen MR) is 90.9 cm³/mol. The molecule has 1 fully saturated rings. The minimum atomic E-state index is -0.226. The second kappa shape index (κ2) is 8.84. The molecule has 0 saturated carbocycles. The number of halogens is 1. The molecule has 1 aromatic carbocycles. The van der Waals surface area contributed by atoms with Crippen LogP contribution in [0.25, 0.3) is 0 Å². The van der Waals surface area contributed by atoms with E-state index in [-0.39, 0.29) is 17.9 Å². The van der Waals surface area contributed by atoms with Crippen molar-refractivity contribution in [1.82, 2.24) is 10.2 Å². The van der Waals surface area contributed by atoms with Gasteiger partial charge in [-0.15, -0.1) is 0 Å². The van der Waals surface area contributed by atoms with Gasteiger partial charge in [0.05, 0.1) is 25.8 Å². The van der Waals surface area contributed by atoms with Crippen molar-refractivity contribution >= 4 is 5.96 Å². The van der Waals surface area contributed by atoms with Crippen LogP contribution in [0.3, 0.4) is 0 Å². The molecule has 6 heteroatoms. The van der Waals surface area contributed by atoms with Crippen molar-refractivity contribution < 1.29 is 9.13 Å². The molecular formula is C17H27FN4O. The number of hydrogen-bond donors (Lipinski definition) is 2. The highest BCUT2D eigenvalue weighted by Crippen LogP contribution is 2.23. The van der Waals surface area contributed by atoms with Crippen LogP contribution in [0.5, 0.6) is 0 Å². The third-order valence-electron chi connectivity index (χ3n) is 4.16. The highest BCUT2D eigenvalue weighted by molar-refractivity contribution is 5.78. The zero-order valence-corrected chi connectivity index (χ0v) is 14.0. The SMILES string of the molecule is CCC(C)NC(N)=NCC(c1cccc(F)c1)N1CCOCC1. The van der Waals surface area contributed by atoms with Gasteiger partial charge in [-0.25, -0.2) is 4.39 Å². The quantitative estimate of drug-likeness (QED) is 0.620. The number of aliphatic imine (C=N–C) groups is 1. The topological polar surface area (TPSA) is 62.9 Å². The minimum absolute atomic E-state index is 0.00637. The fourth-order valence-corrected chi connectivity index (χ4v) is 2.62. The van der Waals surface area contributed by atoms with E-state index >= 15 is 0 Å². The van der Waals surface area contributed by atoms with Crippen molar-refractivity contribution in [2.45, 2.75) is 32.4 Å². The Morgan fingerprint density at radius 3 is 2.83 bits per heavy atom. The van der Waals surface area contributed by atoms with Crippen LogP contribution in [0.1, 0.15) is 31.9 Å². The molecule has 0 aliphatic carbocycles. The van der Waals surface area contributed by atoms with E-state index in [1.54, 1.807) is 12.1 Å². The first-order valence-electron chi connectivity index (χ1n) is 8.24. The number of nitrogens with zero attached hydrogens (tertiary/aromatic N) is 2. The van der Waals surface area contributed by atoms with E-state index in [0.29, 0.717) is 25.7 Å². The molecular weight excluding hydrogens is 295 g/mol. The van der Waals surface area contributed by atoms with Gasteiger partial charge in [0, 0.05) is 19.1 Å². The molecule has 3 N–H and O–H groups in total. The molecule has 5 nitrogen and oxygen atoms in total. The molecule has 0 radical (unpaired) electrons. The fourth-order valence-electron chi connectivity index (χ4n) is 2.62. The lowest BCUT2D eigenvalue weighted by Crippen LogP contribution is -2.42. The van der Waals surface area contributed by atoms with E-state index in [1.165, 1.54) is 6.07 Å². The molecule has 23 heavy (non-hydrogen) atoms. The highest BCUT2D eigenvalue weighted by Gasteiger charge is 2.22. The summed E-state index contributed by atoms with van der Waals surface area (Å²) in [7, 11) is 0. The van der Waals surface area contributed by atoms with E-state index in [1.807, 2.05) is 6.07 Å². The van der Waals surface area contributed by atoms with Gasteiger partial charge in [-0.05, 0) is 31.0 Å². The van der Waals surface area contributed by atoms with Crippen LogP contribution in [0.2, 0.25) is 0 Å². The number of ether oxygens (including phenoxy) is 1. The maximum Gasteiger partial charge on any atom is 0.188 e. The van der Waals surface area contributed by atoms with Crippen LogP contribution in [-0.4, -0.2) is 49.7 Å². The van der Waals surface area contributed by atoms with Crippen molar-refractivity contribution in [2.75, 3.05) is 32.8 Å². The van der Waals surface area contributed by atoms with E-state index in [4.69, 9.17) is 10.5 Å². The average Bonchev–Trinajstić information content (AvgIpc) is 2.56. The average molecular weight is 322 g/mol. The smallest absolute Gasteiger partial charge is 0.188 e. The molecule has 0 bridgehead atoms. The molecule has 1 heterocycles. The lowest BCUT2D eigenvalue weighted by Gasteiger charge is -2.34. The fraction of sp³-hybridized carbons (Fsp3) is 0.588. The standard InChI is InChI=1S/C17H27FN4O/c1-3-13(2)21-17(19)20-12-16(22-7-9-23-10-8-22)14-5-4-6-15(18)11-14/h4-6,11,13,16H,3,7-10,12H2,1-2H3,(H3,19,20,21). The summed E-state index contributed by atoms with van der Waals surface area (Å²) in [5.41, 5.74) is 6.88. The molecule has 2 atom stereocenters. The molecule has 0 amide bonds. The maximum absolute atomic E-state index is 13.6. The van der Waals surface area contributed by atoms with E-state index in [0.717, 1.165) is 25.1 Å².